The Kier molecular flexibility index (Phi) is 3.29. The van der Waals surface area contributed by atoms with Gasteiger partial charge in [-0.1, -0.05) is 0 Å². The summed E-state index contributed by atoms with van der Waals surface area (Å²) in [5.74, 6) is 0. The molecule has 0 saturated heterocycles. The van der Waals surface area contributed by atoms with E-state index in [0.717, 1.165) is 5.56 Å². The van der Waals surface area contributed by atoms with Gasteiger partial charge in [-0.05, 0) is 45.4 Å². The van der Waals surface area contributed by atoms with E-state index in [0.29, 0.717) is 11.3 Å². The molecule has 0 radical (unpaired) electrons. The van der Waals surface area contributed by atoms with Crippen molar-refractivity contribution in [3.8, 4) is 0 Å². The molecule has 82 valence electrons. The first-order valence-electron chi connectivity index (χ1n) is 4.94. The quantitative estimate of drug-likeness (QED) is 0.613. The van der Waals surface area contributed by atoms with Gasteiger partial charge < -0.3 is 5.32 Å². The fourth-order valence-electron chi connectivity index (χ4n) is 1.62. The molecule has 1 aromatic rings. The van der Waals surface area contributed by atoms with Crippen LogP contribution in [0.3, 0.4) is 0 Å². The summed E-state index contributed by atoms with van der Waals surface area (Å²) in [6.45, 7) is 7.61. The van der Waals surface area contributed by atoms with E-state index in [-0.39, 0.29) is 16.7 Å². The van der Waals surface area contributed by atoms with E-state index in [4.69, 9.17) is 0 Å². The van der Waals surface area contributed by atoms with E-state index in [1.54, 1.807) is 6.92 Å². The molecule has 4 nitrogen and oxygen atoms in total. The first-order valence-corrected chi connectivity index (χ1v) is 4.94. The minimum Gasteiger partial charge on any atom is -0.377 e. The maximum absolute atomic E-state index is 10.9. The highest BCUT2D eigenvalue weighted by molar-refractivity contribution is 5.66. The average Bonchev–Trinajstić information content (AvgIpc) is 1.99. The van der Waals surface area contributed by atoms with Crippen LogP contribution in [0.2, 0.25) is 0 Å². The SMILES string of the molecule is Cc1cc(C)c([N+](=O)[O-])c(NC(C)C)c1. The number of nitrogens with one attached hydrogen (secondary N) is 1. The fraction of sp³-hybridized carbons (Fsp3) is 0.455. The summed E-state index contributed by atoms with van der Waals surface area (Å²) in [7, 11) is 0. The maximum atomic E-state index is 10.9. The van der Waals surface area contributed by atoms with Crippen molar-refractivity contribution in [3.63, 3.8) is 0 Å². The normalized spacial score (nSPS) is 10.5. The van der Waals surface area contributed by atoms with Gasteiger partial charge in [-0.25, -0.2) is 0 Å². The van der Waals surface area contributed by atoms with Crippen LogP contribution in [-0.4, -0.2) is 11.0 Å². The zero-order chi connectivity index (χ0) is 11.6. The Balaban J connectivity index is 3.27. The molecule has 0 spiro atoms. The summed E-state index contributed by atoms with van der Waals surface area (Å²) < 4.78 is 0. The predicted octanol–water partition coefficient (Wildman–Crippen LogP) is 3.03. The van der Waals surface area contributed by atoms with E-state index >= 15 is 0 Å². The van der Waals surface area contributed by atoms with Crippen molar-refractivity contribution in [2.75, 3.05) is 5.32 Å². The summed E-state index contributed by atoms with van der Waals surface area (Å²) in [4.78, 5) is 10.6. The lowest BCUT2D eigenvalue weighted by molar-refractivity contribution is -0.384. The number of nitro benzene ring substituents is 1. The van der Waals surface area contributed by atoms with E-state index in [1.807, 2.05) is 32.9 Å². The number of benzene rings is 1. The van der Waals surface area contributed by atoms with Crippen LogP contribution >= 0.6 is 0 Å². The molecule has 0 bridgehead atoms. The van der Waals surface area contributed by atoms with Crippen LogP contribution in [0, 0.1) is 24.0 Å². The highest BCUT2D eigenvalue weighted by Gasteiger charge is 2.18. The molecule has 1 rings (SSSR count). The monoisotopic (exact) mass is 208 g/mol. The molecule has 0 aliphatic carbocycles. The lowest BCUT2D eigenvalue weighted by Gasteiger charge is -2.12. The van der Waals surface area contributed by atoms with E-state index in [1.165, 1.54) is 0 Å². The van der Waals surface area contributed by atoms with Crippen molar-refractivity contribution in [1.82, 2.24) is 0 Å². The van der Waals surface area contributed by atoms with Gasteiger partial charge in [0.05, 0.1) is 4.92 Å². The van der Waals surface area contributed by atoms with E-state index < -0.39 is 0 Å². The Hall–Kier alpha value is -1.58. The molecule has 0 fully saturated rings. The molecular formula is C11H16N2O2. The number of aryl methyl sites for hydroxylation is 2. The Morgan fingerprint density at radius 2 is 1.93 bits per heavy atom. The molecule has 0 aliphatic rings. The highest BCUT2D eigenvalue weighted by atomic mass is 16.6. The third-order valence-corrected chi connectivity index (χ3v) is 2.07. The summed E-state index contributed by atoms with van der Waals surface area (Å²) in [5, 5.41) is 14.0. The Morgan fingerprint density at radius 1 is 1.33 bits per heavy atom. The second-order valence-electron chi connectivity index (χ2n) is 4.03. The fourth-order valence-corrected chi connectivity index (χ4v) is 1.62. The third kappa shape index (κ3) is 2.68. The molecule has 0 aromatic heterocycles. The van der Waals surface area contributed by atoms with Gasteiger partial charge in [0.2, 0.25) is 0 Å². The van der Waals surface area contributed by atoms with Crippen LogP contribution in [-0.2, 0) is 0 Å². The molecule has 0 atom stereocenters. The van der Waals surface area contributed by atoms with Crippen molar-refractivity contribution < 1.29 is 4.92 Å². The summed E-state index contributed by atoms with van der Waals surface area (Å²) in [5.41, 5.74) is 2.51. The lowest BCUT2D eigenvalue weighted by Crippen LogP contribution is -2.12. The molecule has 15 heavy (non-hydrogen) atoms. The molecule has 4 heteroatoms. The lowest BCUT2D eigenvalue weighted by atomic mass is 10.1. The smallest absolute Gasteiger partial charge is 0.295 e. The second-order valence-corrected chi connectivity index (χ2v) is 4.03. The number of nitro groups is 1. The van der Waals surface area contributed by atoms with Gasteiger partial charge >= 0.3 is 0 Å². The Bertz CT molecular complexity index is 386. The van der Waals surface area contributed by atoms with Crippen molar-refractivity contribution in [2.45, 2.75) is 33.7 Å². The van der Waals surface area contributed by atoms with Crippen molar-refractivity contribution in [1.29, 1.82) is 0 Å². The molecule has 0 heterocycles. The first kappa shape index (κ1) is 11.5. The summed E-state index contributed by atoms with van der Waals surface area (Å²) in [6.07, 6.45) is 0. The van der Waals surface area contributed by atoms with E-state index in [9.17, 15) is 10.1 Å². The second kappa shape index (κ2) is 4.29. The highest BCUT2D eigenvalue weighted by Crippen LogP contribution is 2.30. The number of hydrogen-bond donors (Lipinski definition) is 1. The van der Waals surface area contributed by atoms with E-state index in [2.05, 4.69) is 5.32 Å². The van der Waals surface area contributed by atoms with Gasteiger partial charge in [0.25, 0.3) is 5.69 Å². The minimum absolute atomic E-state index is 0.175. The summed E-state index contributed by atoms with van der Waals surface area (Å²) in [6, 6.07) is 3.82. The molecule has 1 N–H and O–H groups in total. The molecule has 0 amide bonds. The maximum Gasteiger partial charge on any atom is 0.295 e. The van der Waals surface area contributed by atoms with Gasteiger partial charge in [0.1, 0.15) is 5.69 Å². The topological polar surface area (TPSA) is 55.2 Å². The van der Waals surface area contributed by atoms with Crippen molar-refractivity contribution >= 4 is 11.4 Å². The van der Waals surface area contributed by atoms with Gasteiger partial charge in [0.15, 0.2) is 0 Å². The number of nitrogens with zero attached hydrogens (tertiary/aromatic N) is 1. The van der Waals surface area contributed by atoms with Gasteiger partial charge in [0, 0.05) is 11.6 Å². The summed E-state index contributed by atoms with van der Waals surface area (Å²) >= 11 is 0. The zero-order valence-corrected chi connectivity index (χ0v) is 9.50. The van der Waals surface area contributed by atoms with Crippen LogP contribution in [0.25, 0.3) is 0 Å². The first-order chi connectivity index (χ1) is 6.91. The van der Waals surface area contributed by atoms with Crippen LogP contribution in [0.1, 0.15) is 25.0 Å². The predicted molar refractivity (Wildman–Crippen MR) is 61.3 cm³/mol. The standard InChI is InChI=1S/C11H16N2O2/c1-7(2)12-10-6-8(3)5-9(4)11(10)13(14)15/h5-7,12H,1-4H3. The van der Waals surface area contributed by atoms with Crippen LogP contribution in [0.4, 0.5) is 11.4 Å². The molecule has 1 aromatic carbocycles. The van der Waals surface area contributed by atoms with Crippen molar-refractivity contribution in [2.24, 2.45) is 0 Å². The van der Waals surface area contributed by atoms with Gasteiger partial charge in [-0.15, -0.1) is 0 Å². The third-order valence-electron chi connectivity index (χ3n) is 2.07. The number of rotatable bonds is 3. The number of anilines is 1. The van der Waals surface area contributed by atoms with Crippen LogP contribution < -0.4 is 5.32 Å². The van der Waals surface area contributed by atoms with Crippen LogP contribution in [0.5, 0.6) is 0 Å². The minimum atomic E-state index is -0.334. The van der Waals surface area contributed by atoms with Crippen LogP contribution in [0.15, 0.2) is 12.1 Å². The average molecular weight is 208 g/mol. The number of hydrogen-bond acceptors (Lipinski definition) is 3. The largest absolute Gasteiger partial charge is 0.377 e. The Labute approximate surface area is 89.5 Å². The molecule has 0 saturated carbocycles. The Morgan fingerprint density at radius 3 is 2.40 bits per heavy atom. The zero-order valence-electron chi connectivity index (χ0n) is 9.50. The molecule has 0 unspecified atom stereocenters. The van der Waals surface area contributed by atoms with Gasteiger partial charge in [-0.2, -0.15) is 0 Å². The van der Waals surface area contributed by atoms with Gasteiger partial charge in [-0.3, -0.25) is 10.1 Å². The molecular weight excluding hydrogens is 192 g/mol. The molecule has 0 aliphatic heterocycles. The van der Waals surface area contributed by atoms with Crippen molar-refractivity contribution in [3.05, 3.63) is 33.4 Å².